The van der Waals surface area contributed by atoms with Crippen LogP contribution in [0.5, 0.6) is 0 Å². The number of carbonyl (C=O) groups is 1. The third-order valence-electron chi connectivity index (χ3n) is 6.23. The molecule has 0 aromatic carbocycles. The highest BCUT2D eigenvalue weighted by Crippen LogP contribution is 2.14. The van der Waals surface area contributed by atoms with Gasteiger partial charge in [-0.2, -0.15) is 0 Å². The minimum absolute atomic E-state index is 0. The van der Waals surface area contributed by atoms with E-state index < -0.39 is 0 Å². The number of hydrogen-bond acceptors (Lipinski definition) is 4. The van der Waals surface area contributed by atoms with Crippen LogP contribution >= 0.6 is 24.0 Å². The molecule has 0 saturated carbocycles. The zero-order chi connectivity index (χ0) is 20.4. The van der Waals surface area contributed by atoms with E-state index in [1.54, 1.807) is 0 Å². The number of amides is 1. The van der Waals surface area contributed by atoms with Crippen LogP contribution in [0.15, 0.2) is 4.99 Å². The minimum Gasteiger partial charge on any atom is -0.356 e. The van der Waals surface area contributed by atoms with Crippen molar-refractivity contribution in [1.82, 2.24) is 24.9 Å². The predicted molar refractivity (Wildman–Crippen MR) is 132 cm³/mol. The summed E-state index contributed by atoms with van der Waals surface area (Å²) in [4.78, 5) is 26.3. The molecule has 7 nitrogen and oxygen atoms in total. The molecule has 2 fully saturated rings. The van der Waals surface area contributed by atoms with Crippen molar-refractivity contribution in [2.45, 2.75) is 52.5 Å². The maximum atomic E-state index is 12.6. The van der Waals surface area contributed by atoms with E-state index >= 15 is 0 Å². The van der Waals surface area contributed by atoms with Crippen LogP contribution in [0.4, 0.5) is 0 Å². The predicted octanol–water partition coefficient (Wildman–Crippen LogP) is 1.93. The van der Waals surface area contributed by atoms with Gasteiger partial charge in [0.15, 0.2) is 5.96 Å². The van der Waals surface area contributed by atoms with Gasteiger partial charge < -0.3 is 20.0 Å². The molecule has 0 aromatic rings. The SMILES string of the molecule is CCN(CC)CCCCNC(=NC)N1CCN(C(C)C(=O)N2CCCC2)CC1.I. The van der Waals surface area contributed by atoms with Gasteiger partial charge in [-0.1, -0.05) is 13.8 Å². The molecule has 170 valence electrons. The first kappa shape index (κ1) is 26.4. The van der Waals surface area contributed by atoms with Gasteiger partial charge in [0.05, 0.1) is 6.04 Å². The summed E-state index contributed by atoms with van der Waals surface area (Å²) >= 11 is 0. The van der Waals surface area contributed by atoms with Gasteiger partial charge in [-0.3, -0.25) is 14.7 Å². The number of nitrogens with one attached hydrogen (secondary N) is 1. The first-order valence-corrected chi connectivity index (χ1v) is 11.3. The van der Waals surface area contributed by atoms with Gasteiger partial charge in [0, 0.05) is 52.9 Å². The van der Waals surface area contributed by atoms with E-state index in [1.807, 2.05) is 11.9 Å². The largest absolute Gasteiger partial charge is 0.356 e. The molecule has 0 aromatic heterocycles. The molecule has 0 spiro atoms. The van der Waals surface area contributed by atoms with Crippen LogP contribution < -0.4 is 5.32 Å². The van der Waals surface area contributed by atoms with Crippen molar-refractivity contribution >= 4 is 35.8 Å². The number of nitrogens with zero attached hydrogens (tertiary/aromatic N) is 5. The van der Waals surface area contributed by atoms with Crippen LogP contribution in [-0.4, -0.2) is 110 Å². The summed E-state index contributed by atoms with van der Waals surface area (Å²) in [6.45, 7) is 16.5. The maximum absolute atomic E-state index is 12.6. The molecule has 1 N–H and O–H groups in total. The molecule has 0 aliphatic carbocycles. The molecule has 2 rings (SSSR count). The summed E-state index contributed by atoms with van der Waals surface area (Å²) in [5, 5.41) is 3.52. The van der Waals surface area contributed by atoms with E-state index in [0.29, 0.717) is 5.91 Å². The zero-order valence-corrected chi connectivity index (χ0v) is 21.4. The fourth-order valence-electron chi connectivity index (χ4n) is 4.21. The minimum atomic E-state index is -0.00435. The van der Waals surface area contributed by atoms with E-state index in [0.717, 1.165) is 84.1 Å². The Kier molecular flexibility index (Phi) is 13.1. The lowest BCUT2D eigenvalue weighted by Crippen LogP contribution is -2.57. The molecule has 2 aliphatic heterocycles. The van der Waals surface area contributed by atoms with Crippen molar-refractivity contribution in [2.24, 2.45) is 4.99 Å². The van der Waals surface area contributed by atoms with Crippen LogP contribution in [0, 0.1) is 0 Å². The average molecular weight is 523 g/mol. The van der Waals surface area contributed by atoms with Crippen LogP contribution in [0.1, 0.15) is 46.5 Å². The highest BCUT2D eigenvalue weighted by molar-refractivity contribution is 14.0. The van der Waals surface area contributed by atoms with Gasteiger partial charge >= 0.3 is 0 Å². The van der Waals surface area contributed by atoms with Crippen molar-refractivity contribution in [3.63, 3.8) is 0 Å². The van der Waals surface area contributed by atoms with Crippen molar-refractivity contribution in [3.05, 3.63) is 0 Å². The van der Waals surface area contributed by atoms with E-state index in [-0.39, 0.29) is 30.0 Å². The second-order valence-electron chi connectivity index (χ2n) is 7.94. The quantitative estimate of drug-likeness (QED) is 0.217. The van der Waals surface area contributed by atoms with Crippen molar-refractivity contribution in [2.75, 3.05) is 72.5 Å². The third-order valence-corrected chi connectivity index (χ3v) is 6.23. The number of carbonyl (C=O) groups excluding carboxylic acids is 1. The summed E-state index contributed by atoms with van der Waals surface area (Å²) < 4.78 is 0. The lowest BCUT2D eigenvalue weighted by atomic mass is 10.2. The fourth-order valence-corrected chi connectivity index (χ4v) is 4.21. The molecule has 2 saturated heterocycles. The van der Waals surface area contributed by atoms with Crippen LogP contribution in [0.3, 0.4) is 0 Å². The van der Waals surface area contributed by atoms with Crippen LogP contribution in [0.25, 0.3) is 0 Å². The highest BCUT2D eigenvalue weighted by atomic mass is 127. The second-order valence-corrected chi connectivity index (χ2v) is 7.94. The van der Waals surface area contributed by atoms with Crippen molar-refractivity contribution in [3.8, 4) is 0 Å². The van der Waals surface area contributed by atoms with Gasteiger partial charge in [0.1, 0.15) is 0 Å². The Balaban J connectivity index is 0.00000420. The van der Waals surface area contributed by atoms with Gasteiger partial charge in [-0.15, -0.1) is 24.0 Å². The van der Waals surface area contributed by atoms with E-state index in [1.165, 1.54) is 13.0 Å². The zero-order valence-electron chi connectivity index (χ0n) is 19.0. The summed E-state index contributed by atoms with van der Waals surface area (Å²) in [5.41, 5.74) is 0. The average Bonchev–Trinajstić information content (AvgIpc) is 3.27. The molecule has 2 aliphatic rings. The molecule has 1 amide bonds. The van der Waals surface area contributed by atoms with E-state index in [2.05, 4.69) is 45.8 Å². The lowest BCUT2D eigenvalue weighted by molar-refractivity contribution is -0.135. The summed E-state index contributed by atoms with van der Waals surface area (Å²) in [7, 11) is 1.87. The van der Waals surface area contributed by atoms with Crippen molar-refractivity contribution in [1.29, 1.82) is 0 Å². The second kappa shape index (κ2) is 14.4. The van der Waals surface area contributed by atoms with Gasteiger partial charge in [-0.05, 0) is 52.2 Å². The smallest absolute Gasteiger partial charge is 0.239 e. The Labute approximate surface area is 195 Å². The lowest BCUT2D eigenvalue weighted by Gasteiger charge is -2.39. The first-order valence-electron chi connectivity index (χ1n) is 11.3. The third kappa shape index (κ3) is 8.20. The Bertz CT molecular complexity index is 486. The highest BCUT2D eigenvalue weighted by Gasteiger charge is 2.30. The molecule has 8 heteroatoms. The standard InChI is InChI=1S/C21H42N6O.HI/c1-5-24(6-2)12-8-7-11-23-21(22-4)27-17-15-25(16-18-27)19(3)20(28)26-13-9-10-14-26;/h19H,5-18H2,1-4H3,(H,22,23);1H. The Morgan fingerprint density at radius 2 is 1.62 bits per heavy atom. The molecule has 1 atom stereocenters. The molecule has 2 heterocycles. The fraction of sp³-hybridized carbons (Fsp3) is 0.905. The number of halogens is 1. The Morgan fingerprint density at radius 1 is 1.00 bits per heavy atom. The molecular weight excluding hydrogens is 479 g/mol. The van der Waals surface area contributed by atoms with Gasteiger partial charge in [0.2, 0.25) is 5.91 Å². The number of aliphatic imine (C=N–C) groups is 1. The molecule has 0 bridgehead atoms. The molecular formula is C21H43IN6O. The summed E-state index contributed by atoms with van der Waals surface area (Å²) in [5.74, 6) is 1.31. The van der Waals surface area contributed by atoms with Gasteiger partial charge in [0.25, 0.3) is 0 Å². The number of unbranched alkanes of at least 4 members (excludes halogenated alkanes) is 1. The molecule has 0 radical (unpaired) electrons. The number of likely N-dealkylation sites (tertiary alicyclic amines) is 1. The summed E-state index contributed by atoms with van der Waals surface area (Å²) in [6.07, 6.45) is 4.69. The van der Waals surface area contributed by atoms with Crippen LogP contribution in [-0.2, 0) is 4.79 Å². The topological polar surface area (TPSA) is 54.4 Å². The monoisotopic (exact) mass is 522 g/mol. The normalized spacial score (nSPS) is 19.4. The number of hydrogen-bond donors (Lipinski definition) is 1. The first-order chi connectivity index (χ1) is 13.6. The van der Waals surface area contributed by atoms with Crippen molar-refractivity contribution < 1.29 is 4.79 Å². The number of rotatable bonds is 9. The van der Waals surface area contributed by atoms with E-state index in [9.17, 15) is 4.79 Å². The summed E-state index contributed by atoms with van der Waals surface area (Å²) in [6, 6.07) is -0.00435. The van der Waals surface area contributed by atoms with E-state index in [4.69, 9.17) is 0 Å². The van der Waals surface area contributed by atoms with Crippen LogP contribution in [0.2, 0.25) is 0 Å². The Morgan fingerprint density at radius 3 is 2.17 bits per heavy atom. The van der Waals surface area contributed by atoms with Gasteiger partial charge in [-0.25, -0.2) is 0 Å². The number of piperazine rings is 1. The molecule has 29 heavy (non-hydrogen) atoms. The maximum Gasteiger partial charge on any atom is 0.239 e. The number of guanidine groups is 1. The Hall–Kier alpha value is -0.610. The molecule has 1 unspecified atom stereocenters.